The van der Waals surface area contributed by atoms with Crippen LogP contribution in [0, 0.1) is 25.2 Å². The molecule has 2 rings (SSSR count). The lowest BCUT2D eigenvalue weighted by Gasteiger charge is -2.11. The summed E-state index contributed by atoms with van der Waals surface area (Å²) in [4.78, 5) is 0. The second-order valence-corrected chi connectivity index (χ2v) is 3.82. The van der Waals surface area contributed by atoms with Crippen LogP contribution in [0.25, 0.3) is 0 Å². The van der Waals surface area contributed by atoms with Crippen LogP contribution in [0.4, 0.5) is 0 Å². The largest absolute Gasteiger partial charge is 0.485 e. The number of aryl methyl sites for hydroxylation is 2. The molecule has 0 aliphatic carbocycles. The van der Waals surface area contributed by atoms with Crippen molar-refractivity contribution in [3.8, 4) is 11.8 Å². The Bertz CT molecular complexity index is 530. The third kappa shape index (κ3) is 2.45. The lowest BCUT2D eigenvalue weighted by atomic mass is 10.1. The van der Waals surface area contributed by atoms with Crippen molar-refractivity contribution in [3.63, 3.8) is 0 Å². The molecule has 0 amide bonds. The van der Waals surface area contributed by atoms with Gasteiger partial charge in [0.2, 0.25) is 0 Å². The van der Waals surface area contributed by atoms with Gasteiger partial charge in [0.15, 0.2) is 5.76 Å². The van der Waals surface area contributed by atoms with Crippen LogP contribution in [0.2, 0.25) is 0 Å². The molecular formula is C13H12N2O2. The van der Waals surface area contributed by atoms with Crippen molar-refractivity contribution in [1.82, 2.24) is 5.16 Å². The first-order chi connectivity index (χ1) is 8.20. The molecule has 0 atom stereocenters. The summed E-state index contributed by atoms with van der Waals surface area (Å²) >= 11 is 0. The summed E-state index contributed by atoms with van der Waals surface area (Å²) in [6.45, 7) is 4.18. The SMILES string of the molecule is Cc1cc(C#N)cc(C)c1OCc1ccno1. The van der Waals surface area contributed by atoms with Crippen LogP contribution in [0.15, 0.2) is 28.9 Å². The maximum absolute atomic E-state index is 8.84. The monoisotopic (exact) mass is 228 g/mol. The molecule has 1 heterocycles. The minimum absolute atomic E-state index is 0.341. The van der Waals surface area contributed by atoms with Gasteiger partial charge in [0.05, 0.1) is 17.8 Å². The Kier molecular flexibility index (Phi) is 3.10. The third-order valence-corrected chi connectivity index (χ3v) is 2.44. The molecule has 0 bridgehead atoms. The third-order valence-electron chi connectivity index (χ3n) is 2.44. The van der Waals surface area contributed by atoms with Crippen molar-refractivity contribution < 1.29 is 9.26 Å². The quantitative estimate of drug-likeness (QED) is 0.810. The van der Waals surface area contributed by atoms with E-state index in [4.69, 9.17) is 14.5 Å². The molecule has 1 aromatic heterocycles. The van der Waals surface area contributed by atoms with E-state index < -0.39 is 0 Å². The second kappa shape index (κ2) is 4.71. The first-order valence-electron chi connectivity index (χ1n) is 5.24. The van der Waals surface area contributed by atoms with Gasteiger partial charge in [0.25, 0.3) is 0 Å². The van der Waals surface area contributed by atoms with Crippen LogP contribution >= 0.6 is 0 Å². The number of ether oxygens (including phenoxy) is 1. The highest BCUT2D eigenvalue weighted by Gasteiger charge is 2.07. The number of aromatic nitrogens is 1. The van der Waals surface area contributed by atoms with E-state index in [0.717, 1.165) is 16.9 Å². The first-order valence-corrected chi connectivity index (χ1v) is 5.24. The minimum atomic E-state index is 0.341. The molecular weight excluding hydrogens is 216 g/mol. The van der Waals surface area contributed by atoms with Crippen LogP contribution in [-0.2, 0) is 6.61 Å². The molecule has 1 aromatic carbocycles. The fourth-order valence-electron chi connectivity index (χ4n) is 1.70. The summed E-state index contributed by atoms with van der Waals surface area (Å²) in [5, 5.41) is 12.5. The lowest BCUT2D eigenvalue weighted by molar-refractivity contribution is 0.247. The van der Waals surface area contributed by atoms with E-state index in [-0.39, 0.29) is 0 Å². The fourth-order valence-corrected chi connectivity index (χ4v) is 1.70. The Balaban J connectivity index is 2.19. The Morgan fingerprint density at radius 2 is 2.06 bits per heavy atom. The van der Waals surface area contributed by atoms with E-state index in [1.165, 1.54) is 0 Å². The van der Waals surface area contributed by atoms with Crippen molar-refractivity contribution in [1.29, 1.82) is 5.26 Å². The number of nitriles is 1. The van der Waals surface area contributed by atoms with E-state index in [0.29, 0.717) is 17.9 Å². The van der Waals surface area contributed by atoms with Crippen LogP contribution < -0.4 is 4.74 Å². The number of benzene rings is 1. The summed E-state index contributed by atoms with van der Waals surface area (Å²) in [5.41, 5.74) is 2.54. The summed E-state index contributed by atoms with van der Waals surface area (Å²) in [6.07, 6.45) is 1.58. The van der Waals surface area contributed by atoms with Crippen molar-refractivity contribution in [2.24, 2.45) is 0 Å². The van der Waals surface area contributed by atoms with Gasteiger partial charge < -0.3 is 9.26 Å². The average molecular weight is 228 g/mol. The molecule has 0 N–H and O–H groups in total. The zero-order valence-electron chi connectivity index (χ0n) is 9.73. The molecule has 0 saturated heterocycles. The summed E-state index contributed by atoms with van der Waals surface area (Å²) in [5.74, 6) is 1.47. The molecule has 2 aromatic rings. The normalized spacial score (nSPS) is 9.94. The van der Waals surface area contributed by atoms with Gasteiger partial charge in [-0.25, -0.2) is 0 Å². The average Bonchev–Trinajstić information content (AvgIpc) is 2.80. The molecule has 17 heavy (non-hydrogen) atoms. The zero-order chi connectivity index (χ0) is 12.3. The summed E-state index contributed by atoms with van der Waals surface area (Å²) < 4.78 is 10.6. The Labute approximate surface area is 99.4 Å². The van der Waals surface area contributed by atoms with Gasteiger partial charge in [-0.1, -0.05) is 5.16 Å². The lowest BCUT2D eigenvalue weighted by Crippen LogP contribution is -1.98. The zero-order valence-corrected chi connectivity index (χ0v) is 9.73. The van der Waals surface area contributed by atoms with E-state index in [1.807, 2.05) is 26.0 Å². The van der Waals surface area contributed by atoms with Crippen LogP contribution in [-0.4, -0.2) is 5.16 Å². The maximum Gasteiger partial charge on any atom is 0.174 e. The highest BCUT2D eigenvalue weighted by atomic mass is 16.5. The van der Waals surface area contributed by atoms with Gasteiger partial charge in [-0.15, -0.1) is 0 Å². The van der Waals surface area contributed by atoms with Gasteiger partial charge in [0, 0.05) is 6.07 Å². The molecule has 0 saturated carbocycles. The number of hydrogen-bond donors (Lipinski definition) is 0. The molecule has 4 nitrogen and oxygen atoms in total. The van der Waals surface area contributed by atoms with Gasteiger partial charge in [0.1, 0.15) is 12.4 Å². The molecule has 0 spiro atoms. The molecule has 0 aliphatic heterocycles. The Morgan fingerprint density at radius 1 is 1.35 bits per heavy atom. The van der Waals surface area contributed by atoms with Gasteiger partial charge in [-0.2, -0.15) is 5.26 Å². The van der Waals surface area contributed by atoms with Gasteiger partial charge in [-0.05, 0) is 37.1 Å². The fraction of sp³-hybridized carbons (Fsp3) is 0.231. The molecule has 0 aliphatic rings. The minimum Gasteiger partial charge on any atom is -0.485 e. The molecule has 0 fully saturated rings. The smallest absolute Gasteiger partial charge is 0.174 e. The second-order valence-electron chi connectivity index (χ2n) is 3.82. The van der Waals surface area contributed by atoms with E-state index in [2.05, 4.69) is 11.2 Å². The van der Waals surface area contributed by atoms with Crippen molar-refractivity contribution in [3.05, 3.63) is 46.8 Å². The van der Waals surface area contributed by atoms with Crippen molar-refractivity contribution in [2.45, 2.75) is 20.5 Å². The standard InChI is InChI=1S/C13H12N2O2/c1-9-5-11(7-14)6-10(2)13(9)16-8-12-3-4-15-17-12/h3-6H,8H2,1-2H3. The molecule has 86 valence electrons. The Hall–Kier alpha value is -2.28. The number of nitrogens with zero attached hydrogens (tertiary/aromatic N) is 2. The van der Waals surface area contributed by atoms with E-state index in [9.17, 15) is 0 Å². The summed E-state index contributed by atoms with van der Waals surface area (Å²) in [7, 11) is 0. The maximum atomic E-state index is 8.84. The summed E-state index contributed by atoms with van der Waals surface area (Å²) in [6, 6.07) is 7.50. The highest BCUT2D eigenvalue weighted by Crippen LogP contribution is 2.25. The predicted octanol–water partition coefficient (Wildman–Crippen LogP) is 2.74. The highest BCUT2D eigenvalue weighted by molar-refractivity contribution is 5.47. The van der Waals surface area contributed by atoms with Gasteiger partial charge in [-0.3, -0.25) is 0 Å². The van der Waals surface area contributed by atoms with Crippen LogP contribution in [0.5, 0.6) is 5.75 Å². The topological polar surface area (TPSA) is 59.0 Å². The van der Waals surface area contributed by atoms with Crippen LogP contribution in [0.3, 0.4) is 0 Å². The van der Waals surface area contributed by atoms with Crippen molar-refractivity contribution in [2.75, 3.05) is 0 Å². The molecule has 0 unspecified atom stereocenters. The van der Waals surface area contributed by atoms with Crippen molar-refractivity contribution >= 4 is 0 Å². The van der Waals surface area contributed by atoms with Gasteiger partial charge >= 0.3 is 0 Å². The predicted molar refractivity (Wildman–Crippen MR) is 61.5 cm³/mol. The Morgan fingerprint density at radius 3 is 2.59 bits per heavy atom. The van der Waals surface area contributed by atoms with E-state index >= 15 is 0 Å². The first kappa shape index (κ1) is 11.2. The van der Waals surface area contributed by atoms with E-state index in [1.54, 1.807) is 12.3 Å². The number of hydrogen-bond acceptors (Lipinski definition) is 4. The molecule has 0 radical (unpaired) electrons. The molecule has 4 heteroatoms. The van der Waals surface area contributed by atoms with Crippen LogP contribution in [0.1, 0.15) is 22.5 Å². The number of rotatable bonds is 3.